The number of rotatable bonds is 7. The third-order valence-electron chi connectivity index (χ3n) is 5.04. The molecule has 162 valence electrons. The van der Waals surface area contributed by atoms with Gasteiger partial charge in [-0.1, -0.05) is 65.8 Å². The Morgan fingerprint density at radius 3 is 2.52 bits per heavy atom. The fraction of sp³-hybridized carbons (Fsp3) is 0.400. The molecule has 6 atom stereocenters. The van der Waals surface area contributed by atoms with Gasteiger partial charge in [-0.05, 0) is 11.1 Å². The summed E-state index contributed by atoms with van der Waals surface area (Å²) in [5.74, 6) is 0. The first-order valence-corrected chi connectivity index (χ1v) is 9.64. The maximum Gasteiger partial charge on any atom is 0.297 e. The van der Waals surface area contributed by atoms with Crippen LogP contribution in [0.15, 0.2) is 65.8 Å². The molecule has 4 rings (SSSR count). The summed E-state index contributed by atoms with van der Waals surface area (Å²) in [6, 6.07) is 17.5. The van der Waals surface area contributed by atoms with Gasteiger partial charge >= 0.3 is 0 Å². The number of hydrogen-bond donors (Lipinski definition) is 0. The first-order chi connectivity index (χ1) is 15.2. The second-order valence-corrected chi connectivity index (χ2v) is 7.01. The van der Waals surface area contributed by atoms with Crippen molar-refractivity contribution in [2.24, 2.45) is 5.11 Å². The van der Waals surface area contributed by atoms with E-state index >= 15 is 0 Å². The third kappa shape index (κ3) is 4.93. The zero-order valence-corrected chi connectivity index (χ0v) is 16.3. The maximum absolute atomic E-state index is 11.0. The van der Waals surface area contributed by atoms with E-state index in [9.17, 15) is 10.1 Å². The molecule has 1 unspecified atom stereocenters. The number of hydrogen-bond acceptors (Lipinski definition) is 8. The van der Waals surface area contributed by atoms with E-state index in [-0.39, 0.29) is 13.2 Å². The summed E-state index contributed by atoms with van der Waals surface area (Å²) in [6.45, 7) is 0.271. The number of benzene rings is 2. The summed E-state index contributed by atoms with van der Waals surface area (Å²) < 4.78 is 23.6. The average molecular weight is 428 g/mol. The lowest BCUT2D eigenvalue weighted by molar-refractivity contribution is -0.784. The van der Waals surface area contributed by atoms with E-state index in [0.29, 0.717) is 0 Å². The van der Waals surface area contributed by atoms with Crippen LogP contribution in [0.25, 0.3) is 10.4 Å². The molecule has 0 spiro atoms. The monoisotopic (exact) mass is 428 g/mol. The van der Waals surface area contributed by atoms with Crippen LogP contribution in [0, 0.1) is 10.1 Å². The normalized spacial score (nSPS) is 29.9. The summed E-state index contributed by atoms with van der Waals surface area (Å²) in [4.78, 5) is 18.4. The van der Waals surface area contributed by atoms with Gasteiger partial charge in [-0.3, -0.25) is 4.84 Å². The van der Waals surface area contributed by atoms with Crippen LogP contribution in [0.1, 0.15) is 17.4 Å². The van der Waals surface area contributed by atoms with E-state index in [0.717, 1.165) is 11.1 Å². The van der Waals surface area contributed by atoms with Crippen LogP contribution in [0.5, 0.6) is 0 Å². The standard InChI is InChI=1S/C20H20N4O7/c21-23-22-16-18(27-11-13-7-3-1-4-8-13)17-15(29-20(16)31-24(25)26)12-28-19(30-17)14-9-5-2-6-10-14/h1-10,15-20H,11-12H2/t15-,16-,17-,18-,19-,20?/m1/s1. The second-order valence-electron chi connectivity index (χ2n) is 7.01. The molecule has 2 aromatic carbocycles. The Bertz CT molecular complexity index is 926. The molecule has 0 N–H and O–H groups in total. The van der Waals surface area contributed by atoms with Gasteiger partial charge in [-0.2, -0.15) is 0 Å². The number of azide groups is 1. The van der Waals surface area contributed by atoms with Gasteiger partial charge in [-0.15, -0.1) is 10.1 Å². The molecule has 2 saturated heterocycles. The lowest BCUT2D eigenvalue weighted by Gasteiger charge is -2.47. The first kappa shape index (κ1) is 21.0. The summed E-state index contributed by atoms with van der Waals surface area (Å²) >= 11 is 0. The van der Waals surface area contributed by atoms with Crippen molar-refractivity contribution in [2.45, 2.75) is 43.5 Å². The Balaban J connectivity index is 1.60. The van der Waals surface area contributed by atoms with Gasteiger partial charge in [0.05, 0.1) is 19.3 Å². The summed E-state index contributed by atoms with van der Waals surface area (Å²) in [5, 5.41) is 13.7. The molecule has 11 nitrogen and oxygen atoms in total. The molecule has 0 amide bonds. The van der Waals surface area contributed by atoms with Crippen molar-refractivity contribution >= 4 is 0 Å². The van der Waals surface area contributed by atoms with Gasteiger partial charge < -0.3 is 18.9 Å². The molecule has 0 aliphatic carbocycles. The van der Waals surface area contributed by atoms with Crippen molar-refractivity contribution in [1.82, 2.24) is 0 Å². The van der Waals surface area contributed by atoms with Crippen molar-refractivity contribution in [2.75, 3.05) is 6.61 Å². The van der Waals surface area contributed by atoms with E-state index in [4.69, 9.17) is 24.5 Å². The first-order valence-electron chi connectivity index (χ1n) is 9.64. The average Bonchev–Trinajstić information content (AvgIpc) is 2.79. The van der Waals surface area contributed by atoms with Crippen molar-refractivity contribution in [3.8, 4) is 0 Å². The van der Waals surface area contributed by atoms with E-state index in [1.54, 1.807) is 0 Å². The van der Waals surface area contributed by atoms with Crippen molar-refractivity contribution in [3.63, 3.8) is 0 Å². The van der Waals surface area contributed by atoms with Gasteiger partial charge in [0.25, 0.3) is 5.09 Å². The van der Waals surface area contributed by atoms with Gasteiger partial charge in [0, 0.05) is 10.5 Å². The molecule has 2 aromatic rings. The molecule has 2 aliphatic heterocycles. The molecule has 0 radical (unpaired) electrons. The smallest absolute Gasteiger partial charge is 0.297 e. The van der Waals surface area contributed by atoms with Crippen LogP contribution < -0.4 is 0 Å². The van der Waals surface area contributed by atoms with Crippen molar-refractivity contribution < 1.29 is 28.9 Å². The quantitative estimate of drug-likeness (QED) is 0.217. The van der Waals surface area contributed by atoms with Crippen LogP contribution >= 0.6 is 0 Å². The lowest BCUT2D eigenvalue weighted by Crippen LogP contribution is -2.62. The number of ether oxygens (including phenoxy) is 4. The minimum Gasteiger partial charge on any atom is -0.370 e. The topological polar surface area (TPSA) is 138 Å². The largest absolute Gasteiger partial charge is 0.370 e. The van der Waals surface area contributed by atoms with Gasteiger partial charge in [0.15, 0.2) is 6.29 Å². The Morgan fingerprint density at radius 2 is 1.84 bits per heavy atom. The predicted octanol–water partition coefficient (Wildman–Crippen LogP) is 3.30. The molecular weight excluding hydrogens is 408 g/mol. The maximum atomic E-state index is 11.0. The highest BCUT2D eigenvalue weighted by molar-refractivity contribution is 5.17. The van der Waals surface area contributed by atoms with E-state index in [2.05, 4.69) is 14.9 Å². The highest BCUT2D eigenvalue weighted by atomic mass is 17.0. The Morgan fingerprint density at radius 1 is 1.13 bits per heavy atom. The molecule has 2 aliphatic rings. The highest BCUT2D eigenvalue weighted by Crippen LogP contribution is 2.37. The second kappa shape index (κ2) is 9.73. The van der Waals surface area contributed by atoms with Crippen LogP contribution in [-0.4, -0.2) is 42.3 Å². The zero-order chi connectivity index (χ0) is 21.6. The Hall–Kier alpha value is -3.21. The summed E-state index contributed by atoms with van der Waals surface area (Å²) in [6.07, 6.45) is -4.42. The van der Waals surface area contributed by atoms with Gasteiger partial charge in [-0.25, -0.2) is 0 Å². The Labute approximate surface area is 177 Å². The molecule has 31 heavy (non-hydrogen) atoms. The molecule has 2 fully saturated rings. The molecule has 11 heteroatoms. The lowest BCUT2D eigenvalue weighted by atomic mass is 9.96. The number of nitrogens with zero attached hydrogens (tertiary/aromatic N) is 4. The minimum atomic E-state index is -1.45. The highest BCUT2D eigenvalue weighted by Gasteiger charge is 2.51. The molecule has 0 aromatic heterocycles. The summed E-state index contributed by atoms with van der Waals surface area (Å²) in [5.41, 5.74) is 10.7. The summed E-state index contributed by atoms with van der Waals surface area (Å²) in [7, 11) is 0. The molecule has 0 bridgehead atoms. The fourth-order valence-electron chi connectivity index (χ4n) is 3.65. The van der Waals surface area contributed by atoms with E-state index < -0.39 is 42.0 Å². The van der Waals surface area contributed by atoms with Gasteiger partial charge in [0.2, 0.25) is 6.29 Å². The van der Waals surface area contributed by atoms with Crippen LogP contribution in [0.4, 0.5) is 0 Å². The van der Waals surface area contributed by atoms with Crippen LogP contribution in [0.3, 0.4) is 0 Å². The van der Waals surface area contributed by atoms with E-state index in [1.165, 1.54) is 0 Å². The zero-order valence-electron chi connectivity index (χ0n) is 16.3. The van der Waals surface area contributed by atoms with Crippen molar-refractivity contribution in [1.29, 1.82) is 0 Å². The van der Waals surface area contributed by atoms with Crippen LogP contribution in [-0.2, 0) is 30.4 Å². The predicted molar refractivity (Wildman–Crippen MR) is 105 cm³/mol. The minimum absolute atomic E-state index is 0.0932. The van der Waals surface area contributed by atoms with Crippen molar-refractivity contribution in [3.05, 3.63) is 92.3 Å². The molecular formula is C20H20N4O7. The Kier molecular flexibility index (Phi) is 6.60. The molecule has 2 heterocycles. The fourth-order valence-corrected chi connectivity index (χ4v) is 3.65. The van der Waals surface area contributed by atoms with Crippen LogP contribution in [0.2, 0.25) is 0 Å². The third-order valence-corrected chi connectivity index (χ3v) is 5.04. The van der Waals surface area contributed by atoms with Gasteiger partial charge in [0.1, 0.15) is 18.2 Å². The van der Waals surface area contributed by atoms with E-state index in [1.807, 2.05) is 60.7 Å². The SMILES string of the molecule is [N-]=[N+]=N[C@H]1C(O[N+](=O)[O-])O[C@@H]2CO[C@@H](c3ccccc3)O[C@H]2[C@@H]1OCc1ccccc1. The molecule has 0 saturated carbocycles. The number of fused-ring (bicyclic) bond motifs is 1.